The van der Waals surface area contributed by atoms with Gasteiger partial charge in [0.15, 0.2) is 0 Å². The Morgan fingerprint density at radius 1 is 1.26 bits per heavy atom. The fourth-order valence-electron chi connectivity index (χ4n) is 2.45. The quantitative estimate of drug-likeness (QED) is 0.744. The Morgan fingerprint density at radius 3 is 2.95 bits per heavy atom. The molecule has 3 rings (SSSR count). The summed E-state index contributed by atoms with van der Waals surface area (Å²) in [5.74, 6) is 0. The van der Waals surface area contributed by atoms with Crippen molar-refractivity contribution >= 4 is 21.4 Å². The van der Waals surface area contributed by atoms with Crippen LogP contribution in [0, 0.1) is 0 Å². The number of furan rings is 1. The number of thiophene rings is 1. The van der Waals surface area contributed by atoms with Gasteiger partial charge in [-0.15, -0.1) is 11.3 Å². The van der Waals surface area contributed by atoms with E-state index in [0.29, 0.717) is 6.04 Å². The summed E-state index contributed by atoms with van der Waals surface area (Å²) in [6, 6.07) is 11.0. The highest BCUT2D eigenvalue weighted by molar-refractivity contribution is 7.17. The number of rotatable bonds is 5. The highest BCUT2D eigenvalue weighted by atomic mass is 32.1. The number of hydrogen-bond acceptors (Lipinski definition) is 3. The SMILES string of the molecule is CCNC(Cc1ccoc1)c1csc2ccccc12. The predicted octanol–water partition coefficient (Wildman–Crippen LogP) is 4.39. The molecule has 0 bridgehead atoms. The summed E-state index contributed by atoms with van der Waals surface area (Å²) in [7, 11) is 0. The summed E-state index contributed by atoms with van der Waals surface area (Å²) in [6.45, 7) is 3.11. The zero-order valence-corrected chi connectivity index (χ0v) is 11.7. The van der Waals surface area contributed by atoms with Gasteiger partial charge in [-0.3, -0.25) is 0 Å². The van der Waals surface area contributed by atoms with E-state index in [1.165, 1.54) is 21.2 Å². The normalized spacial score (nSPS) is 12.9. The molecule has 0 fully saturated rings. The largest absolute Gasteiger partial charge is 0.472 e. The summed E-state index contributed by atoms with van der Waals surface area (Å²) in [5.41, 5.74) is 2.63. The minimum atomic E-state index is 0.346. The Kier molecular flexibility index (Phi) is 3.67. The Morgan fingerprint density at radius 2 is 2.16 bits per heavy atom. The minimum Gasteiger partial charge on any atom is -0.472 e. The van der Waals surface area contributed by atoms with E-state index in [-0.39, 0.29) is 0 Å². The van der Waals surface area contributed by atoms with Crippen LogP contribution < -0.4 is 5.32 Å². The van der Waals surface area contributed by atoms with E-state index in [0.717, 1.165) is 13.0 Å². The zero-order chi connectivity index (χ0) is 13.1. The average Bonchev–Trinajstić information content (AvgIpc) is 3.07. The number of fused-ring (bicyclic) bond motifs is 1. The molecule has 0 saturated heterocycles. The van der Waals surface area contributed by atoms with Gasteiger partial charge in [0.1, 0.15) is 0 Å². The van der Waals surface area contributed by atoms with Crippen LogP contribution in [0.4, 0.5) is 0 Å². The van der Waals surface area contributed by atoms with Gasteiger partial charge in [0.25, 0.3) is 0 Å². The molecule has 1 unspecified atom stereocenters. The van der Waals surface area contributed by atoms with Gasteiger partial charge in [-0.1, -0.05) is 25.1 Å². The molecule has 0 aliphatic rings. The van der Waals surface area contributed by atoms with Gasteiger partial charge in [0.05, 0.1) is 12.5 Å². The average molecular weight is 271 g/mol. The smallest absolute Gasteiger partial charge is 0.0935 e. The first-order valence-electron chi connectivity index (χ1n) is 6.59. The molecule has 19 heavy (non-hydrogen) atoms. The number of likely N-dealkylation sites (N-methyl/N-ethyl adjacent to an activating group) is 1. The van der Waals surface area contributed by atoms with Crippen molar-refractivity contribution in [3.05, 3.63) is 59.4 Å². The standard InChI is InChI=1S/C16H17NOS/c1-2-17-15(9-12-7-8-18-10-12)14-11-19-16-6-4-3-5-13(14)16/h3-8,10-11,15,17H,2,9H2,1H3. The lowest BCUT2D eigenvalue weighted by atomic mass is 10.00. The Hall–Kier alpha value is -1.58. The van der Waals surface area contributed by atoms with Crippen LogP contribution in [0.5, 0.6) is 0 Å². The first-order valence-corrected chi connectivity index (χ1v) is 7.47. The van der Waals surface area contributed by atoms with Crippen molar-refractivity contribution in [2.45, 2.75) is 19.4 Å². The van der Waals surface area contributed by atoms with E-state index in [4.69, 9.17) is 4.42 Å². The first-order chi connectivity index (χ1) is 9.38. The van der Waals surface area contributed by atoms with Crippen LogP contribution in [0.3, 0.4) is 0 Å². The van der Waals surface area contributed by atoms with Crippen LogP contribution in [0.15, 0.2) is 52.7 Å². The highest BCUT2D eigenvalue weighted by Crippen LogP contribution is 2.31. The lowest BCUT2D eigenvalue weighted by molar-refractivity contribution is 0.537. The van der Waals surface area contributed by atoms with Crippen molar-refractivity contribution < 1.29 is 4.42 Å². The van der Waals surface area contributed by atoms with Gasteiger partial charge >= 0.3 is 0 Å². The van der Waals surface area contributed by atoms with Crippen LogP contribution >= 0.6 is 11.3 Å². The van der Waals surface area contributed by atoms with Crippen LogP contribution in [0.2, 0.25) is 0 Å². The molecule has 0 spiro atoms. The molecule has 2 heterocycles. The van der Waals surface area contributed by atoms with Crippen LogP contribution in [0.25, 0.3) is 10.1 Å². The fourth-order valence-corrected chi connectivity index (χ4v) is 3.47. The molecule has 0 radical (unpaired) electrons. The lowest BCUT2D eigenvalue weighted by Crippen LogP contribution is -2.22. The third-order valence-electron chi connectivity index (χ3n) is 3.36. The summed E-state index contributed by atoms with van der Waals surface area (Å²) >= 11 is 1.82. The van der Waals surface area contributed by atoms with Crippen molar-refractivity contribution in [3.63, 3.8) is 0 Å². The van der Waals surface area contributed by atoms with Gasteiger partial charge in [0, 0.05) is 10.7 Å². The van der Waals surface area contributed by atoms with Crippen molar-refractivity contribution in [2.24, 2.45) is 0 Å². The summed E-state index contributed by atoms with van der Waals surface area (Å²) in [5, 5.41) is 7.22. The number of nitrogens with one attached hydrogen (secondary N) is 1. The minimum absolute atomic E-state index is 0.346. The maximum absolute atomic E-state index is 5.17. The summed E-state index contributed by atoms with van der Waals surface area (Å²) in [4.78, 5) is 0. The molecule has 0 aliphatic heterocycles. The number of benzene rings is 1. The summed E-state index contributed by atoms with van der Waals surface area (Å²) < 4.78 is 6.53. The molecule has 1 N–H and O–H groups in total. The Bertz CT molecular complexity index is 642. The second-order valence-electron chi connectivity index (χ2n) is 4.63. The maximum Gasteiger partial charge on any atom is 0.0935 e. The molecule has 2 nitrogen and oxygen atoms in total. The molecule has 2 aromatic heterocycles. The van der Waals surface area contributed by atoms with Crippen molar-refractivity contribution in [1.82, 2.24) is 5.32 Å². The fraction of sp³-hybridized carbons (Fsp3) is 0.250. The van der Waals surface area contributed by atoms with E-state index in [1.54, 1.807) is 6.26 Å². The molecule has 0 saturated carbocycles. The van der Waals surface area contributed by atoms with E-state index >= 15 is 0 Å². The van der Waals surface area contributed by atoms with Gasteiger partial charge in [-0.25, -0.2) is 0 Å². The second kappa shape index (κ2) is 5.59. The third-order valence-corrected chi connectivity index (χ3v) is 4.34. The Labute approximate surface area is 117 Å². The molecule has 0 amide bonds. The van der Waals surface area contributed by atoms with Gasteiger partial charge in [-0.05, 0) is 47.0 Å². The topological polar surface area (TPSA) is 25.2 Å². The van der Waals surface area contributed by atoms with Gasteiger partial charge in [0.2, 0.25) is 0 Å². The molecular formula is C16H17NOS. The first kappa shape index (κ1) is 12.5. The number of hydrogen-bond donors (Lipinski definition) is 1. The van der Waals surface area contributed by atoms with E-state index < -0.39 is 0 Å². The van der Waals surface area contributed by atoms with Gasteiger partial charge in [-0.2, -0.15) is 0 Å². The van der Waals surface area contributed by atoms with Crippen LogP contribution in [-0.2, 0) is 6.42 Å². The van der Waals surface area contributed by atoms with Crippen molar-refractivity contribution in [3.8, 4) is 0 Å². The molecule has 3 aromatic rings. The van der Waals surface area contributed by atoms with Gasteiger partial charge < -0.3 is 9.73 Å². The second-order valence-corrected chi connectivity index (χ2v) is 5.54. The van der Waals surface area contributed by atoms with Crippen LogP contribution in [-0.4, -0.2) is 6.54 Å². The highest BCUT2D eigenvalue weighted by Gasteiger charge is 2.15. The summed E-state index contributed by atoms with van der Waals surface area (Å²) in [6.07, 6.45) is 4.54. The molecule has 1 aromatic carbocycles. The van der Waals surface area contributed by atoms with E-state index in [1.807, 2.05) is 23.7 Å². The van der Waals surface area contributed by atoms with Crippen molar-refractivity contribution in [1.29, 1.82) is 0 Å². The Balaban J connectivity index is 1.95. The van der Waals surface area contributed by atoms with E-state index in [2.05, 4.69) is 41.9 Å². The monoisotopic (exact) mass is 271 g/mol. The third kappa shape index (κ3) is 2.57. The predicted molar refractivity (Wildman–Crippen MR) is 80.7 cm³/mol. The molecular weight excluding hydrogens is 254 g/mol. The molecule has 98 valence electrons. The van der Waals surface area contributed by atoms with E-state index in [9.17, 15) is 0 Å². The van der Waals surface area contributed by atoms with Crippen molar-refractivity contribution in [2.75, 3.05) is 6.54 Å². The molecule has 3 heteroatoms. The maximum atomic E-state index is 5.17. The molecule has 1 atom stereocenters. The lowest BCUT2D eigenvalue weighted by Gasteiger charge is -2.16. The van der Waals surface area contributed by atoms with Crippen LogP contribution in [0.1, 0.15) is 24.1 Å². The zero-order valence-electron chi connectivity index (χ0n) is 10.9. The molecule has 0 aliphatic carbocycles.